The quantitative estimate of drug-likeness (QED) is 0.733. The lowest BCUT2D eigenvalue weighted by atomic mass is 10.2. The Hall–Kier alpha value is -1.26. The molecular formula is C16H16BrClFNO. The Bertz CT molecular complexity index is 634. The molecule has 2 aromatic carbocycles. The smallest absolute Gasteiger partial charge is 0.141 e. The van der Waals surface area contributed by atoms with Crippen molar-refractivity contribution in [3.05, 3.63) is 57.3 Å². The highest BCUT2D eigenvalue weighted by atomic mass is 79.9. The molecule has 0 saturated carbocycles. The van der Waals surface area contributed by atoms with E-state index in [0.29, 0.717) is 6.54 Å². The van der Waals surface area contributed by atoms with Crippen molar-refractivity contribution in [3.8, 4) is 5.75 Å². The first kappa shape index (κ1) is 16.1. The summed E-state index contributed by atoms with van der Waals surface area (Å²) in [5.74, 6) is 0.405. The van der Waals surface area contributed by atoms with Crippen LogP contribution in [0.15, 0.2) is 40.9 Å². The Morgan fingerprint density at radius 3 is 2.67 bits per heavy atom. The first-order valence-corrected chi connectivity index (χ1v) is 7.77. The molecule has 2 nitrogen and oxygen atoms in total. The van der Waals surface area contributed by atoms with Crippen LogP contribution in [0.2, 0.25) is 5.02 Å². The van der Waals surface area contributed by atoms with Gasteiger partial charge in [-0.15, -0.1) is 0 Å². The van der Waals surface area contributed by atoms with E-state index in [2.05, 4.69) is 21.2 Å². The second kappa shape index (κ2) is 7.14. The molecule has 0 aliphatic heterocycles. The molecule has 5 heteroatoms. The molecule has 0 amide bonds. The third kappa shape index (κ3) is 4.61. The lowest BCUT2D eigenvalue weighted by molar-refractivity contribution is 0.240. The van der Waals surface area contributed by atoms with Crippen molar-refractivity contribution in [2.75, 3.05) is 5.32 Å². The van der Waals surface area contributed by atoms with Crippen molar-refractivity contribution < 1.29 is 9.13 Å². The molecule has 0 aliphatic rings. The van der Waals surface area contributed by atoms with E-state index in [1.165, 1.54) is 6.07 Å². The molecule has 0 aromatic heterocycles. The summed E-state index contributed by atoms with van der Waals surface area (Å²) in [4.78, 5) is 0. The molecule has 0 unspecified atom stereocenters. The number of rotatable bonds is 5. The zero-order valence-electron chi connectivity index (χ0n) is 11.8. The van der Waals surface area contributed by atoms with E-state index in [9.17, 15) is 4.39 Å². The Labute approximate surface area is 137 Å². The molecule has 0 fully saturated rings. The van der Waals surface area contributed by atoms with Gasteiger partial charge in [0.25, 0.3) is 0 Å². The van der Waals surface area contributed by atoms with Crippen LogP contribution in [0.1, 0.15) is 19.4 Å². The predicted molar refractivity (Wildman–Crippen MR) is 88.6 cm³/mol. The van der Waals surface area contributed by atoms with Gasteiger partial charge in [0.15, 0.2) is 0 Å². The van der Waals surface area contributed by atoms with E-state index >= 15 is 0 Å². The van der Waals surface area contributed by atoms with Gasteiger partial charge in [-0.1, -0.05) is 27.5 Å². The maximum absolute atomic E-state index is 13.1. The van der Waals surface area contributed by atoms with Gasteiger partial charge in [0.2, 0.25) is 0 Å². The summed E-state index contributed by atoms with van der Waals surface area (Å²) in [5.41, 5.74) is 1.77. The summed E-state index contributed by atoms with van der Waals surface area (Å²) in [7, 11) is 0. The third-order valence-corrected chi connectivity index (χ3v) is 3.57. The largest absolute Gasteiger partial charge is 0.491 e. The van der Waals surface area contributed by atoms with E-state index in [0.717, 1.165) is 21.5 Å². The molecular weight excluding hydrogens is 357 g/mol. The van der Waals surface area contributed by atoms with Gasteiger partial charge in [-0.25, -0.2) is 4.39 Å². The van der Waals surface area contributed by atoms with Gasteiger partial charge in [-0.05, 0) is 50.2 Å². The zero-order chi connectivity index (χ0) is 15.4. The number of ether oxygens (including phenoxy) is 1. The van der Waals surface area contributed by atoms with E-state index in [4.69, 9.17) is 16.3 Å². The van der Waals surface area contributed by atoms with Crippen LogP contribution in [0.25, 0.3) is 0 Å². The normalized spacial score (nSPS) is 10.8. The molecule has 1 N–H and O–H groups in total. The van der Waals surface area contributed by atoms with Crippen LogP contribution in [0.4, 0.5) is 10.1 Å². The second-order valence-electron chi connectivity index (χ2n) is 4.90. The van der Waals surface area contributed by atoms with Crippen molar-refractivity contribution in [1.82, 2.24) is 0 Å². The number of hydrogen-bond acceptors (Lipinski definition) is 2. The van der Waals surface area contributed by atoms with Crippen LogP contribution < -0.4 is 10.1 Å². The molecule has 0 atom stereocenters. The number of halogens is 3. The van der Waals surface area contributed by atoms with Crippen molar-refractivity contribution in [3.63, 3.8) is 0 Å². The fourth-order valence-corrected chi connectivity index (χ4v) is 2.45. The average molecular weight is 373 g/mol. The second-order valence-corrected chi connectivity index (χ2v) is 6.22. The highest BCUT2D eigenvalue weighted by Crippen LogP contribution is 2.26. The first-order chi connectivity index (χ1) is 9.95. The third-order valence-electron chi connectivity index (χ3n) is 2.79. The van der Waals surface area contributed by atoms with Crippen LogP contribution in [0.3, 0.4) is 0 Å². The van der Waals surface area contributed by atoms with Crippen LogP contribution in [0, 0.1) is 5.82 Å². The maximum atomic E-state index is 13.1. The van der Waals surface area contributed by atoms with Crippen LogP contribution >= 0.6 is 27.5 Å². The number of hydrogen-bond donors (Lipinski definition) is 1. The average Bonchev–Trinajstić information content (AvgIpc) is 2.42. The lowest BCUT2D eigenvalue weighted by Gasteiger charge is -2.15. The fraction of sp³-hybridized carbons (Fsp3) is 0.250. The topological polar surface area (TPSA) is 21.3 Å². The highest BCUT2D eigenvalue weighted by molar-refractivity contribution is 9.10. The first-order valence-electron chi connectivity index (χ1n) is 6.59. The van der Waals surface area contributed by atoms with Gasteiger partial charge in [-0.2, -0.15) is 0 Å². The van der Waals surface area contributed by atoms with Crippen molar-refractivity contribution >= 4 is 33.2 Å². The lowest BCUT2D eigenvalue weighted by Crippen LogP contribution is -2.09. The van der Waals surface area contributed by atoms with Gasteiger partial charge in [0, 0.05) is 22.3 Å². The number of anilines is 1. The predicted octanol–water partition coefficient (Wildman–Crippen LogP) is 5.64. The van der Waals surface area contributed by atoms with Gasteiger partial charge in [-0.3, -0.25) is 0 Å². The van der Waals surface area contributed by atoms with Crippen LogP contribution in [0.5, 0.6) is 5.75 Å². The molecule has 0 heterocycles. The van der Waals surface area contributed by atoms with Crippen molar-refractivity contribution in [2.45, 2.75) is 26.5 Å². The van der Waals surface area contributed by atoms with E-state index in [1.807, 2.05) is 32.0 Å². The molecule has 0 radical (unpaired) electrons. The van der Waals surface area contributed by atoms with E-state index in [-0.39, 0.29) is 11.1 Å². The summed E-state index contributed by atoms with van der Waals surface area (Å²) in [6.07, 6.45) is 0.102. The summed E-state index contributed by atoms with van der Waals surface area (Å²) in [5, 5.41) is 3.32. The molecule has 2 rings (SSSR count). The summed E-state index contributed by atoms with van der Waals surface area (Å²) in [6.45, 7) is 4.53. The molecule has 0 bridgehead atoms. The van der Waals surface area contributed by atoms with Crippen molar-refractivity contribution in [1.29, 1.82) is 0 Å². The Balaban J connectivity index is 2.14. The van der Waals surface area contributed by atoms with E-state index in [1.54, 1.807) is 12.1 Å². The van der Waals surface area contributed by atoms with Crippen LogP contribution in [-0.4, -0.2) is 6.10 Å². The fourth-order valence-electron chi connectivity index (χ4n) is 1.86. The van der Waals surface area contributed by atoms with Gasteiger partial charge in [0.1, 0.15) is 11.6 Å². The van der Waals surface area contributed by atoms with Gasteiger partial charge in [0.05, 0.1) is 11.1 Å². The minimum Gasteiger partial charge on any atom is -0.491 e. The molecule has 0 aliphatic carbocycles. The van der Waals surface area contributed by atoms with Gasteiger partial charge < -0.3 is 10.1 Å². The molecule has 21 heavy (non-hydrogen) atoms. The summed E-state index contributed by atoms with van der Waals surface area (Å²) >= 11 is 9.23. The molecule has 2 aromatic rings. The monoisotopic (exact) mass is 371 g/mol. The minimum absolute atomic E-state index is 0.102. The Morgan fingerprint density at radius 2 is 2.00 bits per heavy atom. The molecule has 0 saturated heterocycles. The Morgan fingerprint density at radius 1 is 1.24 bits per heavy atom. The maximum Gasteiger partial charge on any atom is 0.141 e. The molecule has 0 spiro atoms. The van der Waals surface area contributed by atoms with Crippen molar-refractivity contribution in [2.24, 2.45) is 0 Å². The van der Waals surface area contributed by atoms with E-state index < -0.39 is 5.82 Å². The van der Waals surface area contributed by atoms with Gasteiger partial charge >= 0.3 is 0 Å². The SMILES string of the molecule is CC(C)Oc1ccc(Br)cc1CNc1ccc(F)c(Cl)c1. The highest BCUT2D eigenvalue weighted by Gasteiger charge is 2.07. The number of benzene rings is 2. The minimum atomic E-state index is -0.423. The summed E-state index contributed by atoms with van der Waals surface area (Å²) in [6, 6.07) is 10.4. The Kier molecular flexibility index (Phi) is 5.48. The summed E-state index contributed by atoms with van der Waals surface area (Å²) < 4.78 is 19.9. The number of nitrogens with one attached hydrogen (secondary N) is 1. The standard InChI is InChI=1S/C16H16BrClFNO/c1-10(2)21-16-6-3-12(17)7-11(16)9-20-13-4-5-15(19)14(18)8-13/h3-8,10,20H,9H2,1-2H3. The molecule has 112 valence electrons. The van der Waals surface area contributed by atoms with Crippen LogP contribution in [-0.2, 0) is 6.54 Å². The zero-order valence-corrected chi connectivity index (χ0v) is 14.1.